The lowest BCUT2D eigenvalue weighted by Crippen LogP contribution is -2.07. The van der Waals surface area contributed by atoms with Crippen molar-refractivity contribution < 1.29 is 9.57 Å². The molecule has 0 fully saturated rings. The molecule has 0 radical (unpaired) electrons. The van der Waals surface area contributed by atoms with Crippen LogP contribution < -0.4 is 10.6 Å². The molecule has 0 aliphatic rings. The van der Waals surface area contributed by atoms with E-state index in [1.807, 2.05) is 12.1 Å². The van der Waals surface area contributed by atoms with Gasteiger partial charge in [0.2, 0.25) is 0 Å². The highest BCUT2D eigenvalue weighted by atomic mass is 16.6. The molecule has 1 aromatic carbocycles. The van der Waals surface area contributed by atoms with Crippen LogP contribution in [-0.4, -0.2) is 6.61 Å². The van der Waals surface area contributed by atoms with Gasteiger partial charge < -0.3 is 9.57 Å². The molecule has 0 spiro atoms. The molecule has 1 aromatic rings. The predicted octanol–water partition coefficient (Wildman–Crippen LogP) is 4.92. The summed E-state index contributed by atoms with van der Waals surface area (Å²) in [6.45, 7) is 9.66. The van der Waals surface area contributed by atoms with Crippen molar-refractivity contribution in [2.45, 2.75) is 53.4 Å². The Labute approximate surface area is 129 Å². The van der Waals surface area contributed by atoms with Gasteiger partial charge in [-0.15, -0.1) is 0 Å². The normalized spacial score (nSPS) is 12.3. The molecular formula is C18H29NO2. The number of hydrogen-bond donors (Lipinski definition) is 1. The quantitative estimate of drug-likeness (QED) is 0.420. The molecule has 0 saturated heterocycles. The Hall–Kier alpha value is -1.48. The maximum atomic E-state index is 5.78. The molecule has 3 heteroatoms. The first-order valence-corrected chi connectivity index (χ1v) is 7.74. The van der Waals surface area contributed by atoms with Crippen molar-refractivity contribution >= 4 is 5.57 Å². The summed E-state index contributed by atoms with van der Waals surface area (Å²) in [5.74, 6) is 6.06. The van der Waals surface area contributed by atoms with E-state index in [1.54, 1.807) is 6.26 Å². The first-order chi connectivity index (χ1) is 9.96. The Balaban J connectivity index is 2.51. The first kappa shape index (κ1) is 17.6. The Morgan fingerprint density at radius 3 is 2.38 bits per heavy atom. The van der Waals surface area contributed by atoms with E-state index in [9.17, 15) is 0 Å². The standard InChI is InChI=1S/C18H29NO2/c1-5-7-16(14-21-19)15-8-10-17(11-9-15)20-13-6-12-18(2,3)4/h8-11,14H,5-7,12-13,19H2,1-4H3/b16-14+. The minimum Gasteiger partial charge on any atom is -0.494 e. The van der Waals surface area contributed by atoms with Crippen molar-refractivity contribution in [2.75, 3.05) is 6.61 Å². The molecule has 0 aromatic heterocycles. The molecular weight excluding hydrogens is 262 g/mol. The van der Waals surface area contributed by atoms with Gasteiger partial charge in [0.25, 0.3) is 0 Å². The van der Waals surface area contributed by atoms with Gasteiger partial charge in [0.05, 0.1) is 6.61 Å². The summed E-state index contributed by atoms with van der Waals surface area (Å²) in [5, 5.41) is 0. The molecule has 0 aliphatic carbocycles. The van der Waals surface area contributed by atoms with Gasteiger partial charge in [-0.2, -0.15) is 5.90 Å². The molecule has 118 valence electrons. The summed E-state index contributed by atoms with van der Waals surface area (Å²) in [5.41, 5.74) is 2.61. The number of nitrogens with two attached hydrogens (primary N) is 1. The monoisotopic (exact) mass is 291 g/mol. The van der Waals surface area contributed by atoms with Gasteiger partial charge in [-0.3, -0.25) is 0 Å². The Kier molecular flexibility index (Phi) is 7.30. The largest absolute Gasteiger partial charge is 0.494 e. The van der Waals surface area contributed by atoms with Crippen molar-refractivity contribution in [1.29, 1.82) is 0 Å². The molecule has 0 aliphatic heterocycles. The van der Waals surface area contributed by atoms with Crippen LogP contribution >= 0.6 is 0 Å². The van der Waals surface area contributed by atoms with Crippen LogP contribution in [0.3, 0.4) is 0 Å². The van der Waals surface area contributed by atoms with Crippen molar-refractivity contribution in [1.82, 2.24) is 0 Å². The second-order valence-corrected chi connectivity index (χ2v) is 6.57. The molecule has 1 rings (SSSR count). The van der Waals surface area contributed by atoms with Crippen LogP contribution in [0.4, 0.5) is 0 Å². The second kappa shape index (κ2) is 8.73. The Bertz CT molecular complexity index is 430. The van der Waals surface area contributed by atoms with Gasteiger partial charge in [0.1, 0.15) is 12.0 Å². The van der Waals surface area contributed by atoms with E-state index in [0.717, 1.165) is 42.8 Å². The zero-order valence-electron chi connectivity index (χ0n) is 13.8. The summed E-state index contributed by atoms with van der Waals surface area (Å²) in [7, 11) is 0. The van der Waals surface area contributed by atoms with Crippen LogP contribution in [-0.2, 0) is 4.84 Å². The lowest BCUT2D eigenvalue weighted by Gasteiger charge is -2.17. The zero-order chi connectivity index (χ0) is 15.7. The van der Waals surface area contributed by atoms with Crippen molar-refractivity contribution in [3.63, 3.8) is 0 Å². The predicted molar refractivity (Wildman–Crippen MR) is 88.8 cm³/mol. The molecule has 3 nitrogen and oxygen atoms in total. The Morgan fingerprint density at radius 2 is 1.86 bits per heavy atom. The smallest absolute Gasteiger partial charge is 0.119 e. The molecule has 0 saturated carbocycles. The third kappa shape index (κ3) is 7.19. The molecule has 0 atom stereocenters. The van der Waals surface area contributed by atoms with Crippen molar-refractivity contribution in [3.05, 3.63) is 36.1 Å². The van der Waals surface area contributed by atoms with Gasteiger partial charge in [-0.1, -0.05) is 46.2 Å². The fraction of sp³-hybridized carbons (Fsp3) is 0.556. The lowest BCUT2D eigenvalue weighted by molar-refractivity contribution is 0.262. The molecule has 2 N–H and O–H groups in total. The number of benzene rings is 1. The van der Waals surface area contributed by atoms with Crippen LogP contribution in [0.2, 0.25) is 0 Å². The van der Waals surface area contributed by atoms with Gasteiger partial charge >= 0.3 is 0 Å². The van der Waals surface area contributed by atoms with E-state index < -0.39 is 0 Å². The van der Waals surface area contributed by atoms with E-state index in [4.69, 9.17) is 10.6 Å². The van der Waals surface area contributed by atoms with Gasteiger partial charge in [0.15, 0.2) is 0 Å². The minimum atomic E-state index is 0.370. The molecule has 0 heterocycles. The summed E-state index contributed by atoms with van der Waals surface area (Å²) in [6.07, 6.45) is 5.86. The van der Waals surface area contributed by atoms with Crippen LogP contribution in [0, 0.1) is 5.41 Å². The maximum absolute atomic E-state index is 5.78. The van der Waals surface area contributed by atoms with Crippen LogP contribution in [0.1, 0.15) is 58.9 Å². The average molecular weight is 291 g/mol. The number of ether oxygens (including phenoxy) is 1. The first-order valence-electron chi connectivity index (χ1n) is 7.74. The molecule has 0 amide bonds. The number of rotatable bonds is 8. The highest BCUT2D eigenvalue weighted by Crippen LogP contribution is 2.23. The third-order valence-electron chi connectivity index (χ3n) is 3.29. The van der Waals surface area contributed by atoms with Crippen LogP contribution in [0.25, 0.3) is 5.57 Å². The minimum absolute atomic E-state index is 0.370. The van der Waals surface area contributed by atoms with E-state index in [-0.39, 0.29) is 0 Å². The topological polar surface area (TPSA) is 44.5 Å². The van der Waals surface area contributed by atoms with Crippen molar-refractivity contribution in [3.8, 4) is 5.75 Å². The van der Waals surface area contributed by atoms with Gasteiger partial charge in [-0.05, 0) is 47.9 Å². The van der Waals surface area contributed by atoms with E-state index in [0.29, 0.717) is 5.41 Å². The average Bonchev–Trinajstić information content (AvgIpc) is 2.43. The molecule has 0 unspecified atom stereocenters. The Morgan fingerprint density at radius 1 is 1.19 bits per heavy atom. The van der Waals surface area contributed by atoms with Crippen molar-refractivity contribution in [2.24, 2.45) is 11.3 Å². The highest BCUT2D eigenvalue weighted by molar-refractivity contribution is 5.65. The highest BCUT2D eigenvalue weighted by Gasteiger charge is 2.09. The summed E-state index contributed by atoms with van der Waals surface area (Å²) in [4.78, 5) is 4.66. The SMILES string of the molecule is CCC/C(=C\ON)c1ccc(OCCCC(C)(C)C)cc1. The maximum Gasteiger partial charge on any atom is 0.119 e. The molecule has 21 heavy (non-hydrogen) atoms. The summed E-state index contributed by atoms with van der Waals surface area (Å²) >= 11 is 0. The fourth-order valence-electron chi connectivity index (χ4n) is 2.18. The van der Waals surface area contributed by atoms with Crippen LogP contribution in [0.15, 0.2) is 30.5 Å². The fourth-order valence-corrected chi connectivity index (χ4v) is 2.18. The van der Waals surface area contributed by atoms with Gasteiger partial charge in [-0.25, -0.2) is 0 Å². The summed E-state index contributed by atoms with van der Waals surface area (Å²) in [6, 6.07) is 8.12. The van der Waals surface area contributed by atoms with Gasteiger partial charge in [0, 0.05) is 0 Å². The number of hydrogen-bond acceptors (Lipinski definition) is 3. The third-order valence-corrected chi connectivity index (χ3v) is 3.29. The molecule has 0 bridgehead atoms. The van der Waals surface area contributed by atoms with E-state index in [2.05, 4.69) is 44.7 Å². The van der Waals surface area contributed by atoms with E-state index >= 15 is 0 Å². The van der Waals surface area contributed by atoms with E-state index in [1.165, 1.54) is 6.42 Å². The van der Waals surface area contributed by atoms with Crippen LogP contribution in [0.5, 0.6) is 5.75 Å². The lowest BCUT2D eigenvalue weighted by atomic mass is 9.91. The zero-order valence-corrected chi connectivity index (χ0v) is 13.8. The second-order valence-electron chi connectivity index (χ2n) is 6.57. The number of allylic oxidation sites excluding steroid dienone is 1. The summed E-state index contributed by atoms with van der Waals surface area (Å²) < 4.78 is 5.78.